The van der Waals surface area contributed by atoms with Gasteiger partial charge in [0.2, 0.25) is 9.70 Å². The van der Waals surface area contributed by atoms with Gasteiger partial charge in [-0.2, -0.15) is 0 Å². The largest absolute Gasteiger partial charge is 0.369 e. The average Bonchev–Trinajstić information content (AvgIpc) is 1.64. The molecular formula is C3H5INO2P. The van der Waals surface area contributed by atoms with Gasteiger partial charge in [-0.05, 0) is 0 Å². The first-order valence-electron chi connectivity index (χ1n) is 1.80. The van der Waals surface area contributed by atoms with Crippen LogP contribution in [0.5, 0.6) is 0 Å². The standard InChI is InChI=1S/C3H5INO2P/c4-2(6)1(8)3(5)7/h1H,8H2,(H2,5,7). The maximum absolute atomic E-state index is 10.3. The van der Waals surface area contributed by atoms with Gasteiger partial charge in [0.05, 0.1) is 0 Å². The number of nitrogens with two attached hydrogens (primary N) is 1. The van der Waals surface area contributed by atoms with E-state index < -0.39 is 11.6 Å². The van der Waals surface area contributed by atoms with Crippen molar-refractivity contribution in [2.24, 2.45) is 5.73 Å². The number of primary amides is 1. The maximum Gasteiger partial charge on any atom is 0.232 e. The van der Waals surface area contributed by atoms with Gasteiger partial charge in [-0.15, -0.1) is 9.24 Å². The molecule has 0 aromatic rings. The predicted molar refractivity (Wildman–Crippen MR) is 41.7 cm³/mol. The molecule has 0 aliphatic carbocycles. The third-order valence-electron chi connectivity index (χ3n) is 0.551. The topological polar surface area (TPSA) is 60.2 Å². The van der Waals surface area contributed by atoms with E-state index in [0.29, 0.717) is 0 Å². The monoisotopic (exact) mass is 245 g/mol. The summed E-state index contributed by atoms with van der Waals surface area (Å²) in [4.78, 5) is 20.4. The highest BCUT2D eigenvalue weighted by Gasteiger charge is 2.14. The summed E-state index contributed by atoms with van der Waals surface area (Å²) in [6.07, 6.45) is 0. The fourth-order valence-corrected chi connectivity index (χ4v) is 0.419. The molecule has 0 aromatic heterocycles. The van der Waals surface area contributed by atoms with Gasteiger partial charge in [-0.1, -0.05) is 0 Å². The summed E-state index contributed by atoms with van der Waals surface area (Å²) in [5, 5.41) is 0. The molecule has 0 fully saturated rings. The molecule has 8 heavy (non-hydrogen) atoms. The third-order valence-corrected chi connectivity index (χ3v) is 2.53. The molecule has 3 nitrogen and oxygen atoms in total. The lowest BCUT2D eigenvalue weighted by atomic mass is 10.4. The summed E-state index contributed by atoms with van der Waals surface area (Å²) in [6, 6.07) is 0. The van der Waals surface area contributed by atoms with Crippen molar-refractivity contribution < 1.29 is 9.59 Å². The summed E-state index contributed by atoms with van der Waals surface area (Å²) >= 11 is 1.52. The second kappa shape index (κ2) is 3.35. The SMILES string of the molecule is NC(=O)C(P)C(=O)I. The van der Waals surface area contributed by atoms with Gasteiger partial charge in [0, 0.05) is 22.6 Å². The molecule has 5 heteroatoms. The molecule has 0 aromatic carbocycles. The van der Waals surface area contributed by atoms with Crippen LogP contribution in [0.15, 0.2) is 0 Å². The first-order chi connectivity index (χ1) is 3.55. The summed E-state index contributed by atoms with van der Waals surface area (Å²) in [5.74, 6) is -0.602. The molecule has 0 rings (SSSR count). The molecule has 0 radical (unpaired) electrons. The third kappa shape index (κ3) is 2.57. The highest BCUT2D eigenvalue weighted by molar-refractivity contribution is 14.1. The fraction of sp³-hybridized carbons (Fsp3) is 0.333. The molecular weight excluding hydrogens is 240 g/mol. The van der Waals surface area contributed by atoms with Crippen LogP contribution in [0, 0.1) is 0 Å². The summed E-state index contributed by atoms with van der Waals surface area (Å²) < 4.78 is -0.250. The average molecular weight is 245 g/mol. The van der Waals surface area contributed by atoms with Gasteiger partial charge in [0.1, 0.15) is 5.66 Å². The van der Waals surface area contributed by atoms with Crippen molar-refractivity contribution >= 4 is 41.5 Å². The lowest BCUT2D eigenvalue weighted by Gasteiger charge is -1.95. The molecule has 2 N–H and O–H groups in total. The number of rotatable bonds is 2. The summed E-state index contributed by atoms with van der Waals surface area (Å²) in [7, 11) is 2.06. The Kier molecular flexibility index (Phi) is 3.48. The van der Waals surface area contributed by atoms with Gasteiger partial charge in [0.15, 0.2) is 0 Å². The number of hydrogen-bond acceptors (Lipinski definition) is 2. The quantitative estimate of drug-likeness (QED) is 0.313. The first-order valence-corrected chi connectivity index (χ1v) is 3.54. The zero-order valence-corrected chi connectivity index (χ0v) is 7.24. The van der Waals surface area contributed by atoms with Gasteiger partial charge in [0.25, 0.3) is 0 Å². The van der Waals surface area contributed by atoms with Crippen LogP contribution in [-0.2, 0) is 9.59 Å². The van der Waals surface area contributed by atoms with Crippen molar-refractivity contribution in [1.29, 1.82) is 0 Å². The smallest absolute Gasteiger partial charge is 0.232 e. The van der Waals surface area contributed by atoms with E-state index in [2.05, 4.69) is 9.24 Å². The van der Waals surface area contributed by atoms with E-state index in [4.69, 9.17) is 5.73 Å². The van der Waals surface area contributed by atoms with Crippen LogP contribution in [0.25, 0.3) is 0 Å². The molecule has 1 amide bonds. The van der Waals surface area contributed by atoms with Gasteiger partial charge in [-0.3, -0.25) is 9.59 Å². The van der Waals surface area contributed by atoms with Gasteiger partial charge in [-0.25, -0.2) is 0 Å². The predicted octanol–water partition coefficient (Wildman–Crippen LogP) is -0.323. The van der Waals surface area contributed by atoms with E-state index in [1.807, 2.05) is 0 Å². The summed E-state index contributed by atoms with van der Waals surface area (Å²) in [5.41, 5.74) is 4.03. The van der Waals surface area contributed by atoms with Crippen LogP contribution in [-0.4, -0.2) is 15.4 Å². The van der Waals surface area contributed by atoms with Gasteiger partial charge < -0.3 is 5.73 Å². The normalized spacial score (nSPS) is 12.8. The summed E-state index contributed by atoms with van der Waals surface area (Å²) in [6.45, 7) is 0. The zero-order chi connectivity index (χ0) is 6.73. The van der Waals surface area contributed by atoms with Crippen molar-refractivity contribution in [3.63, 3.8) is 0 Å². The Morgan fingerprint density at radius 3 is 2.00 bits per heavy atom. The van der Waals surface area contributed by atoms with E-state index in [-0.39, 0.29) is 3.79 Å². The molecule has 0 heterocycles. The second-order valence-electron chi connectivity index (χ2n) is 1.18. The molecule has 0 saturated heterocycles. The van der Waals surface area contributed by atoms with Crippen molar-refractivity contribution in [2.45, 2.75) is 5.66 Å². The van der Waals surface area contributed by atoms with E-state index in [9.17, 15) is 9.59 Å². The van der Waals surface area contributed by atoms with Crippen molar-refractivity contribution in [3.8, 4) is 0 Å². The lowest BCUT2D eigenvalue weighted by Crippen LogP contribution is -2.27. The Morgan fingerprint density at radius 1 is 1.62 bits per heavy atom. The van der Waals surface area contributed by atoms with E-state index in [1.54, 1.807) is 0 Å². The Balaban J connectivity index is 3.83. The van der Waals surface area contributed by atoms with Crippen LogP contribution >= 0.6 is 31.8 Å². The Hall–Kier alpha value is 0.300. The Morgan fingerprint density at radius 2 is 2.00 bits per heavy atom. The van der Waals surface area contributed by atoms with Crippen LogP contribution < -0.4 is 5.73 Å². The van der Waals surface area contributed by atoms with Crippen LogP contribution in [0.4, 0.5) is 0 Å². The molecule has 0 aliphatic rings. The van der Waals surface area contributed by atoms with Crippen LogP contribution in [0.2, 0.25) is 0 Å². The first kappa shape index (κ1) is 8.30. The van der Waals surface area contributed by atoms with Crippen LogP contribution in [0.1, 0.15) is 0 Å². The maximum atomic E-state index is 10.3. The number of carbonyl (C=O) groups is 2. The minimum absolute atomic E-state index is 0.250. The van der Waals surface area contributed by atoms with Crippen molar-refractivity contribution in [3.05, 3.63) is 0 Å². The van der Waals surface area contributed by atoms with Crippen molar-refractivity contribution in [2.75, 3.05) is 0 Å². The molecule has 2 unspecified atom stereocenters. The molecule has 0 spiro atoms. The minimum atomic E-state index is -0.726. The van der Waals surface area contributed by atoms with E-state index in [1.165, 1.54) is 22.6 Å². The fourth-order valence-electron chi connectivity index (χ4n) is 0.112. The lowest BCUT2D eigenvalue weighted by molar-refractivity contribution is -0.121. The van der Waals surface area contributed by atoms with Gasteiger partial charge >= 0.3 is 0 Å². The van der Waals surface area contributed by atoms with E-state index in [0.717, 1.165) is 0 Å². The van der Waals surface area contributed by atoms with Crippen LogP contribution in [0.3, 0.4) is 0 Å². The van der Waals surface area contributed by atoms with E-state index >= 15 is 0 Å². The molecule has 0 bridgehead atoms. The second-order valence-corrected chi connectivity index (χ2v) is 2.91. The Bertz CT molecular complexity index is 112. The zero-order valence-electron chi connectivity index (χ0n) is 3.93. The number of halogens is 1. The number of carbonyl (C=O) groups excluding carboxylic acids is 2. The Labute approximate surface area is 62.7 Å². The molecule has 0 aliphatic heterocycles. The molecule has 0 saturated carbocycles. The van der Waals surface area contributed by atoms with Crippen molar-refractivity contribution in [1.82, 2.24) is 0 Å². The molecule has 2 atom stereocenters. The highest BCUT2D eigenvalue weighted by Crippen LogP contribution is 2.04. The minimum Gasteiger partial charge on any atom is -0.369 e. The molecule has 46 valence electrons. The highest BCUT2D eigenvalue weighted by atomic mass is 127. The number of hydrogen-bond donors (Lipinski definition) is 1. The number of amides is 1.